The van der Waals surface area contributed by atoms with Gasteiger partial charge in [0, 0.05) is 6.04 Å². The largest absolute Gasteiger partial charge is 0.328 e. The number of benzene rings is 2. The van der Waals surface area contributed by atoms with E-state index in [9.17, 15) is 4.39 Å². The van der Waals surface area contributed by atoms with Crippen molar-refractivity contribution in [2.45, 2.75) is 19.4 Å². The summed E-state index contributed by atoms with van der Waals surface area (Å²) in [6.07, 6.45) is 0.843. The van der Waals surface area contributed by atoms with Gasteiger partial charge in [-0.25, -0.2) is 4.39 Å². The van der Waals surface area contributed by atoms with E-state index in [1.165, 1.54) is 11.6 Å². The van der Waals surface area contributed by atoms with Crippen molar-refractivity contribution in [2.75, 3.05) is 0 Å². The lowest BCUT2D eigenvalue weighted by Crippen LogP contribution is -2.17. The van der Waals surface area contributed by atoms with E-state index in [-0.39, 0.29) is 11.1 Å². The molecule has 2 N–H and O–H groups in total. The first-order chi connectivity index (χ1) is 8.56. The highest BCUT2D eigenvalue weighted by molar-refractivity contribution is 6.30. The third kappa shape index (κ3) is 3.09. The zero-order chi connectivity index (χ0) is 13.1. The van der Waals surface area contributed by atoms with E-state index >= 15 is 0 Å². The molecule has 1 unspecified atom stereocenters. The van der Waals surface area contributed by atoms with Gasteiger partial charge in [-0.05, 0) is 42.2 Å². The monoisotopic (exact) mass is 263 g/mol. The molecular weight excluding hydrogens is 249 g/mol. The third-order valence-electron chi connectivity index (χ3n) is 2.76. The van der Waals surface area contributed by atoms with Crippen LogP contribution in [0.4, 0.5) is 4.39 Å². The highest BCUT2D eigenvalue weighted by Gasteiger charge is 2.04. The Balaban J connectivity index is 2.25. The molecule has 0 aromatic heterocycles. The summed E-state index contributed by atoms with van der Waals surface area (Å²) in [7, 11) is 0. The zero-order valence-corrected chi connectivity index (χ0v) is 10.9. The van der Waals surface area contributed by atoms with E-state index in [1.807, 2.05) is 37.3 Å². The van der Waals surface area contributed by atoms with Gasteiger partial charge in [-0.1, -0.05) is 41.9 Å². The Kier molecular flexibility index (Phi) is 4.00. The molecule has 0 aliphatic rings. The minimum absolute atomic E-state index is 0.142. The van der Waals surface area contributed by atoms with Gasteiger partial charge < -0.3 is 5.73 Å². The molecular formula is C15H15ClFN. The maximum absolute atomic E-state index is 13.4. The van der Waals surface area contributed by atoms with E-state index in [0.717, 1.165) is 17.5 Å². The molecule has 1 nitrogen and oxygen atoms in total. The molecule has 18 heavy (non-hydrogen) atoms. The summed E-state index contributed by atoms with van der Waals surface area (Å²) in [4.78, 5) is 0. The number of hydrogen-bond donors (Lipinski definition) is 1. The fraction of sp³-hybridized carbons (Fsp3) is 0.200. The van der Waals surface area contributed by atoms with Crippen LogP contribution in [0.5, 0.6) is 0 Å². The zero-order valence-electron chi connectivity index (χ0n) is 10.2. The number of nitrogens with two attached hydrogens (primary N) is 1. The highest BCUT2D eigenvalue weighted by Crippen LogP contribution is 2.24. The average Bonchev–Trinajstić information content (AvgIpc) is 2.33. The fourth-order valence-corrected chi connectivity index (χ4v) is 2.00. The van der Waals surface area contributed by atoms with Crippen molar-refractivity contribution in [1.29, 1.82) is 0 Å². The quantitative estimate of drug-likeness (QED) is 0.889. The summed E-state index contributed by atoms with van der Waals surface area (Å²) in [5.41, 5.74) is 8.72. The molecule has 0 saturated heterocycles. The van der Waals surface area contributed by atoms with Crippen LogP contribution in [0.15, 0.2) is 42.5 Å². The molecule has 0 amide bonds. The van der Waals surface area contributed by atoms with Crippen LogP contribution in [0.25, 0.3) is 11.1 Å². The van der Waals surface area contributed by atoms with Crippen LogP contribution < -0.4 is 5.73 Å². The van der Waals surface area contributed by atoms with E-state index in [0.29, 0.717) is 0 Å². The van der Waals surface area contributed by atoms with Gasteiger partial charge in [-0.15, -0.1) is 0 Å². The molecule has 3 heteroatoms. The minimum Gasteiger partial charge on any atom is -0.328 e. The molecule has 0 bridgehead atoms. The Labute approximate surface area is 111 Å². The maximum atomic E-state index is 13.4. The van der Waals surface area contributed by atoms with E-state index in [2.05, 4.69) is 0 Å². The fourth-order valence-electron chi connectivity index (χ4n) is 1.88. The van der Waals surface area contributed by atoms with E-state index < -0.39 is 5.82 Å². The SMILES string of the molecule is CC(N)Cc1ccc(-c2ccc(Cl)c(F)c2)cc1. The van der Waals surface area contributed by atoms with Crippen LogP contribution in [0.1, 0.15) is 12.5 Å². The first kappa shape index (κ1) is 13.1. The van der Waals surface area contributed by atoms with Crippen molar-refractivity contribution < 1.29 is 4.39 Å². The van der Waals surface area contributed by atoms with Crippen LogP contribution in [-0.2, 0) is 6.42 Å². The van der Waals surface area contributed by atoms with Gasteiger partial charge in [0.05, 0.1) is 5.02 Å². The first-order valence-electron chi connectivity index (χ1n) is 5.86. The van der Waals surface area contributed by atoms with Gasteiger partial charge in [0.1, 0.15) is 5.82 Å². The molecule has 94 valence electrons. The topological polar surface area (TPSA) is 26.0 Å². The molecule has 0 aliphatic carbocycles. The number of rotatable bonds is 3. The van der Waals surface area contributed by atoms with Gasteiger partial charge in [0.15, 0.2) is 0 Å². The van der Waals surface area contributed by atoms with E-state index in [1.54, 1.807) is 6.07 Å². The van der Waals surface area contributed by atoms with Crippen LogP contribution in [0.2, 0.25) is 5.02 Å². The summed E-state index contributed by atoms with van der Waals surface area (Å²) in [5.74, 6) is -0.395. The summed E-state index contributed by atoms with van der Waals surface area (Å²) >= 11 is 5.66. The van der Waals surface area contributed by atoms with Gasteiger partial charge in [0.2, 0.25) is 0 Å². The van der Waals surface area contributed by atoms with Crippen molar-refractivity contribution in [3.8, 4) is 11.1 Å². The molecule has 2 rings (SSSR count). The molecule has 0 fully saturated rings. The lowest BCUT2D eigenvalue weighted by molar-refractivity contribution is 0.629. The summed E-state index contributed by atoms with van der Waals surface area (Å²) in [6.45, 7) is 1.97. The molecule has 0 radical (unpaired) electrons. The van der Waals surface area contributed by atoms with E-state index in [4.69, 9.17) is 17.3 Å². The second-order valence-electron chi connectivity index (χ2n) is 4.51. The highest BCUT2D eigenvalue weighted by atomic mass is 35.5. The number of halogens is 2. The summed E-state index contributed by atoms with van der Waals surface area (Å²) in [6, 6.07) is 13.0. The number of hydrogen-bond acceptors (Lipinski definition) is 1. The third-order valence-corrected chi connectivity index (χ3v) is 3.07. The normalized spacial score (nSPS) is 12.4. The molecule has 0 saturated carbocycles. The molecule has 1 atom stereocenters. The smallest absolute Gasteiger partial charge is 0.142 e. The maximum Gasteiger partial charge on any atom is 0.142 e. The van der Waals surface area contributed by atoms with Gasteiger partial charge in [-0.3, -0.25) is 0 Å². The Morgan fingerprint density at radius 3 is 2.28 bits per heavy atom. The average molecular weight is 264 g/mol. The van der Waals surface area contributed by atoms with Crippen molar-refractivity contribution in [3.63, 3.8) is 0 Å². The van der Waals surface area contributed by atoms with Gasteiger partial charge in [-0.2, -0.15) is 0 Å². The lowest BCUT2D eigenvalue weighted by Gasteiger charge is -2.07. The van der Waals surface area contributed by atoms with Crippen LogP contribution >= 0.6 is 11.6 Å². The molecule has 2 aromatic rings. The second kappa shape index (κ2) is 5.51. The Morgan fingerprint density at radius 1 is 1.11 bits per heavy atom. The molecule has 0 heterocycles. The van der Waals surface area contributed by atoms with Crippen LogP contribution in [-0.4, -0.2) is 6.04 Å². The van der Waals surface area contributed by atoms with Crippen molar-refractivity contribution in [3.05, 3.63) is 58.9 Å². The van der Waals surface area contributed by atoms with Crippen molar-refractivity contribution in [1.82, 2.24) is 0 Å². The Morgan fingerprint density at radius 2 is 1.72 bits per heavy atom. The second-order valence-corrected chi connectivity index (χ2v) is 4.91. The molecule has 0 aliphatic heterocycles. The van der Waals surface area contributed by atoms with Gasteiger partial charge in [0.25, 0.3) is 0 Å². The van der Waals surface area contributed by atoms with Crippen molar-refractivity contribution >= 4 is 11.6 Å². The standard InChI is InChI=1S/C15H15ClFN/c1-10(18)8-11-2-4-12(5-3-11)13-6-7-14(16)15(17)9-13/h2-7,9-10H,8,18H2,1H3. The minimum atomic E-state index is -0.395. The Bertz CT molecular complexity index is 535. The van der Waals surface area contributed by atoms with Crippen LogP contribution in [0, 0.1) is 5.82 Å². The predicted octanol–water partition coefficient (Wildman–Crippen LogP) is 4.04. The van der Waals surface area contributed by atoms with Crippen molar-refractivity contribution in [2.24, 2.45) is 5.73 Å². The van der Waals surface area contributed by atoms with Crippen LogP contribution in [0.3, 0.4) is 0 Å². The Hall–Kier alpha value is -1.38. The lowest BCUT2D eigenvalue weighted by atomic mass is 10.0. The summed E-state index contributed by atoms with van der Waals surface area (Å²) in [5, 5.41) is 0.146. The first-order valence-corrected chi connectivity index (χ1v) is 6.24. The molecule has 2 aromatic carbocycles. The predicted molar refractivity (Wildman–Crippen MR) is 74.2 cm³/mol. The summed E-state index contributed by atoms with van der Waals surface area (Å²) < 4.78 is 13.4. The van der Waals surface area contributed by atoms with Gasteiger partial charge >= 0.3 is 0 Å². The molecule has 0 spiro atoms.